The molecule has 0 atom stereocenters. The SMILES string of the molecule is COc1cc2[nH+]ccc(Oc3ccc(N)cc3)c2cc1OC. The molecule has 0 saturated heterocycles. The van der Waals surface area contributed by atoms with Gasteiger partial charge in [-0.15, -0.1) is 0 Å². The summed E-state index contributed by atoms with van der Waals surface area (Å²) in [6, 6.07) is 12.9. The summed E-state index contributed by atoms with van der Waals surface area (Å²) in [5.41, 5.74) is 7.28. The molecule has 5 nitrogen and oxygen atoms in total. The minimum absolute atomic E-state index is 0.650. The van der Waals surface area contributed by atoms with E-state index < -0.39 is 0 Å². The van der Waals surface area contributed by atoms with E-state index in [1.54, 1.807) is 26.4 Å². The first-order valence-corrected chi connectivity index (χ1v) is 6.81. The largest absolute Gasteiger partial charge is 0.493 e. The molecule has 0 spiro atoms. The molecular weight excluding hydrogens is 280 g/mol. The van der Waals surface area contributed by atoms with E-state index >= 15 is 0 Å². The number of methoxy groups -OCH3 is 2. The number of hydrogen-bond acceptors (Lipinski definition) is 4. The number of nitrogens with one attached hydrogen (secondary N) is 1. The van der Waals surface area contributed by atoms with E-state index in [-0.39, 0.29) is 0 Å². The van der Waals surface area contributed by atoms with Gasteiger partial charge in [0, 0.05) is 17.8 Å². The Balaban J connectivity index is 2.07. The van der Waals surface area contributed by atoms with Gasteiger partial charge in [0.2, 0.25) is 5.52 Å². The Bertz CT molecular complexity index is 801. The van der Waals surface area contributed by atoms with E-state index in [0.29, 0.717) is 17.2 Å². The van der Waals surface area contributed by atoms with Crippen molar-refractivity contribution in [3.05, 3.63) is 48.7 Å². The lowest BCUT2D eigenvalue weighted by molar-refractivity contribution is -0.344. The molecule has 3 N–H and O–H groups in total. The molecule has 112 valence electrons. The second kappa shape index (κ2) is 5.81. The van der Waals surface area contributed by atoms with Crippen LogP contribution >= 0.6 is 0 Å². The highest BCUT2D eigenvalue weighted by Crippen LogP contribution is 2.35. The van der Waals surface area contributed by atoms with Crippen molar-refractivity contribution in [2.24, 2.45) is 0 Å². The van der Waals surface area contributed by atoms with Crippen LogP contribution in [0.5, 0.6) is 23.0 Å². The Labute approximate surface area is 128 Å². The lowest BCUT2D eigenvalue weighted by atomic mass is 10.2. The number of ether oxygens (including phenoxy) is 3. The van der Waals surface area contributed by atoms with Crippen molar-refractivity contribution < 1.29 is 19.2 Å². The Morgan fingerprint density at radius 1 is 0.864 bits per heavy atom. The van der Waals surface area contributed by atoms with Gasteiger partial charge in [-0.25, -0.2) is 4.98 Å². The molecule has 3 aromatic rings. The number of fused-ring (bicyclic) bond motifs is 1. The second-order valence-electron chi connectivity index (χ2n) is 4.77. The number of hydrogen-bond donors (Lipinski definition) is 1. The number of H-pyrrole nitrogens is 1. The van der Waals surface area contributed by atoms with Crippen LogP contribution < -0.4 is 24.9 Å². The average Bonchev–Trinajstić information content (AvgIpc) is 2.56. The van der Waals surface area contributed by atoms with Gasteiger partial charge in [-0.2, -0.15) is 0 Å². The Hall–Kier alpha value is -2.95. The molecule has 0 fully saturated rings. The Kier molecular flexibility index (Phi) is 3.70. The fraction of sp³-hybridized carbons (Fsp3) is 0.118. The standard InChI is InChI=1S/C17H16N2O3/c1-20-16-9-13-14(10-17(16)21-2)19-8-7-15(13)22-12-5-3-11(18)4-6-12/h3-10H,18H2,1-2H3/p+1. The van der Waals surface area contributed by atoms with Crippen molar-refractivity contribution in [1.82, 2.24) is 0 Å². The number of anilines is 1. The molecule has 0 bridgehead atoms. The molecule has 22 heavy (non-hydrogen) atoms. The maximum Gasteiger partial charge on any atom is 0.218 e. The highest BCUT2D eigenvalue weighted by Gasteiger charge is 2.14. The fourth-order valence-corrected chi connectivity index (χ4v) is 2.25. The lowest BCUT2D eigenvalue weighted by Crippen LogP contribution is -2.04. The van der Waals surface area contributed by atoms with Crippen molar-refractivity contribution in [2.75, 3.05) is 20.0 Å². The molecule has 3 rings (SSSR count). The Morgan fingerprint density at radius 2 is 1.55 bits per heavy atom. The fourth-order valence-electron chi connectivity index (χ4n) is 2.25. The molecule has 1 heterocycles. The van der Waals surface area contributed by atoms with Gasteiger partial charge in [0.1, 0.15) is 11.5 Å². The van der Waals surface area contributed by atoms with Gasteiger partial charge in [-0.1, -0.05) is 0 Å². The van der Waals surface area contributed by atoms with E-state index in [4.69, 9.17) is 19.9 Å². The van der Waals surface area contributed by atoms with Crippen LogP contribution in [0.1, 0.15) is 0 Å². The van der Waals surface area contributed by atoms with E-state index in [1.807, 2.05) is 36.5 Å². The van der Waals surface area contributed by atoms with Gasteiger partial charge in [0.25, 0.3) is 0 Å². The van der Waals surface area contributed by atoms with Crippen LogP contribution in [-0.2, 0) is 0 Å². The molecule has 0 saturated carbocycles. The third-order valence-corrected chi connectivity index (χ3v) is 3.37. The van der Waals surface area contributed by atoms with Crippen LogP contribution in [0.2, 0.25) is 0 Å². The third kappa shape index (κ3) is 2.61. The highest BCUT2D eigenvalue weighted by atomic mass is 16.5. The van der Waals surface area contributed by atoms with E-state index in [0.717, 1.165) is 22.4 Å². The van der Waals surface area contributed by atoms with E-state index in [9.17, 15) is 0 Å². The summed E-state index contributed by atoms with van der Waals surface area (Å²) < 4.78 is 16.6. The number of benzene rings is 2. The zero-order valence-electron chi connectivity index (χ0n) is 12.4. The molecule has 2 aromatic carbocycles. The zero-order valence-corrected chi connectivity index (χ0v) is 12.4. The van der Waals surface area contributed by atoms with E-state index in [2.05, 4.69) is 4.98 Å². The van der Waals surface area contributed by atoms with Gasteiger partial charge in [0.15, 0.2) is 17.7 Å². The number of rotatable bonds is 4. The summed E-state index contributed by atoms with van der Waals surface area (Å²) in [5.74, 6) is 2.75. The summed E-state index contributed by atoms with van der Waals surface area (Å²) in [6.45, 7) is 0. The summed E-state index contributed by atoms with van der Waals surface area (Å²) >= 11 is 0. The van der Waals surface area contributed by atoms with Crippen LogP contribution in [0.25, 0.3) is 10.9 Å². The van der Waals surface area contributed by atoms with Gasteiger partial charge in [-0.05, 0) is 24.3 Å². The highest BCUT2D eigenvalue weighted by molar-refractivity contribution is 5.86. The summed E-state index contributed by atoms with van der Waals surface area (Å²) in [5, 5.41) is 0.900. The molecule has 0 amide bonds. The average molecular weight is 297 g/mol. The molecule has 0 aliphatic rings. The van der Waals surface area contributed by atoms with Crippen LogP contribution in [0, 0.1) is 0 Å². The predicted molar refractivity (Wildman–Crippen MR) is 84.5 cm³/mol. The van der Waals surface area contributed by atoms with Crippen molar-refractivity contribution in [2.45, 2.75) is 0 Å². The monoisotopic (exact) mass is 297 g/mol. The maximum atomic E-state index is 5.95. The predicted octanol–water partition coefficient (Wildman–Crippen LogP) is 3.05. The van der Waals surface area contributed by atoms with E-state index in [1.165, 1.54) is 0 Å². The summed E-state index contributed by atoms with van der Waals surface area (Å²) in [6.07, 6.45) is 1.82. The van der Waals surface area contributed by atoms with Crippen molar-refractivity contribution in [3.8, 4) is 23.0 Å². The first-order valence-electron chi connectivity index (χ1n) is 6.81. The molecule has 1 aromatic heterocycles. The first kappa shape index (κ1) is 14.0. The van der Waals surface area contributed by atoms with Crippen molar-refractivity contribution in [1.29, 1.82) is 0 Å². The molecule has 0 unspecified atom stereocenters. The Morgan fingerprint density at radius 3 is 2.23 bits per heavy atom. The number of aromatic nitrogens is 1. The molecule has 0 radical (unpaired) electrons. The maximum absolute atomic E-state index is 5.95. The van der Waals surface area contributed by atoms with Crippen LogP contribution in [-0.4, -0.2) is 14.2 Å². The minimum atomic E-state index is 0.650. The third-order valence-electron chi connectivity index (χ3n) is 3.37. The quantitative estimate of drug-likeness (QED) is 0.752. The molecular formula is C17H17N2O3+. The molecule has 0 aliphatic carbocycles. The van der Waals surface area contributed by atoms with Gasteiger partial charge >= 0.3 is 0 Å². The molecule has 5 heteroatoms. The molecule has 0 aliphatic heterocycles. The second-order valence-corrected chi connectivity index (χ2v) is 4.77. The summed E-state index contributed by atoms with van der Waals surface area (Å²) in [7, 11) is 3.22. The van der Waals surface area contributed by atoms with Crippen LogP contribution in [0.15, 0.2) is 48.7 Å². The van der Waals surface area contributed by atoms with Crippen LogP contribution in [0.4, 0.5) is 5.69 Å². The summed E-state index contributed by atoms with van der Waals surface area (Å²) in [4.78, 5) is 3.18. The number of nitrogens with two attached hydrogens (primary N) is 1. The normalized spacial score (nSPS) is 10.5. The van der Waals surface area contributed by atoms with Crippen molar-refractivity contribution >= 4 is 16.6 Å². The first-order chi connectivity index (χ1) is 10.7. The van der Waals surface area contributed by atoms with Crippen LogP contribution in [0.3, 0.4) is 0 Å². The van der Waals surface area contributed by atoms with Gasteiger partial charge in [0.05, 0.1) is 25.7 Å². The smallest absolute Gasteiger partial charge is 0.218 e. The zero-order chi connectivity index (χ0) is 15.5. The topological polar surface area (TPSA) is 67.9 Å². The number of aromatic amines is 1. The number of nitrogen functional groups attached to an aromatic ring is 1. The lowest BCUT2D eigenvalue weighted by Gasteiger charge is -2.10. The number of pyridine rings is 1. The van der Waals surface area contributed by atoms with Crippen molar-refractivity contribution in [3.63, 3.8) is 0 Å². The minimum Gasteiger partial charge on any atom is -0.493 e. The van der Waals surface area contributed by atoms with Gasteiger partial charge < -0.3 is 19.9 Å². The van der Waals surface area contributed by atoms with Gasteiger partial charge in [-0.3, -0.25) is 0 Å².